The van der Waals surface area contributed by atoms with E-state index in [9.17, 15) is 9.18 Å². The number of hydrogen-bond donors (Lipinski definition) is 1. The standard InChI is InChI=1S/C19H15FN6OS/c20-16-7-6-14(26-12-22-24-25-26)10-15(16)19(27)21-9-8-18-23-17(11-28-18)13-4-2-1-3-5-13/h1-7,10-12H,8-9H2,(H,21,27). The molecule has 9 heteroatoms. The van der Waals surface area contributed by atoms with Crippen LogP contribution < -0.4 is 5.32 Å². The number of rotatable bonds is 6. The smallest absolute Gasteiger partial charge is 0.254 e. The van der Waals surface area contributed by atoms with Crippen LogP contribution >= 0.6 is 11.3 Å². The summed E-state index contributed by atoms with van der Waals surface area (Å²) >= 11 is 1.53. The van der Waals surface area contributed by atoms with Gasteiger partial charge in [0, 0.05) is 23.9 Å². The van der Waals surface area contributed by atoms with Gasteiger partial charge in [-0.2, -0.15) is 0 Å². The quantitative estimate of drug-likeness (QED) is 0.543. The molecule has 0 spiro atoms. The first-order chi connectivity index (χ1) is 13.7. The lowest BCUT2D eigenvalue weighted by atomic mass is 10.1. The molecule has 7 nitrogen and oxygen atoms in total. The molecule has 140 valence electrons. The van der Waals surface area contributed by atoms with Gasteiger partial charge in [0.05, 0.1) is 22.0 Å². The van der Waals surface area contributed by atoms with Crippen molar-refractivity contribution in [3.05, 3.63) is 76.6 Å². The highest BCUT2D eigenvalue weighted by Gasteiger charge is 2.14. The van der Waals surface area contributed by atoms with Gasteiger partial charge in [0.15, 0.2) is 0 Å². The first-order valence-electron chi connectivity index (χ1n) is 8.51. The number of halogens is 1. The largest absolute Gasteiger partial charge is 0.352 e. The third kappa shape index (κ3) is 3.94. The van der Waals surface area contributed by atoms with Crippen molar-refractivity contribution in [3.8, 4) is 16.9 Å². The van der Waals surface area contributed by atoms with E-state index in [1.54, 1.807) is 0 Å². The average Bonchev–Trinajstić information content (AvgIpc) is 3.41. The predicted molar refractivity (Wildman–Crippen MR) is 103 cm³/mol. The van der Waals surface area contributed by atoms with Crippen LogP contribution in [0.4, 0.5) is 4.39 Å². The van der Waals surface area contributed by atoms with Gasteiger partial charge in [-0.25, -0.2) is 14.1 Å². The lowest BCUT2D eigenvalue weighted by molar-refractivity contribution is 0.0950. The second kappa shape index (κ2) is 8.05. The van der Waals surface area contributed by atoms with E-state index < -0.39 is 11.7 Å². The van der Waals surface area contributed by atoms with E-state index in [1.807, 2.05) is 35.7 Å². The summed E-state index contributed by atoms with van der Waals surface area (Å²) in [6.07, 6.45) is 1.94. The molecule has 0 aliphatic heterocycles. The number of hydrogen-bond acceptors (Lipinski definition) is 6. The maximum Gasteiger partial charge on any atom is 0.254 e. The summed E-state index contributed by atoms with van der Waals surface area (Å²) in [5.41, 5.74) is 2.41. The Balaban J connectivity index is 1.39. The molecule has 0 radical (unpaired) electrons. The van der Waals surface area contributed by atoms with E-state index in [1.165, 1.54) is 40.5 Å². The van der Waals surface area contributed by atoms with E-state index in [0.717, 1.165) is 16.3 Å². The Kier molecular flexibility index (Phi) is 5.16. The van der Waals surface area contributed by atoms with E-state index >= 15 is 0 Å². The van der Waals surface area contributed by atoms with Crippen LogP contribution in [0.15, 0.2) is 60.2 Å². The molecule has 2 heterocycles. The SMILES string of the molecule is O=C(NCCc1nc(-c2ccccc2)cs1)c1cc(-n2cnnn2)ccc1F. The van der Waals surface area contributed by atoms with Gasteiger partial charge in [0.25, 0.3) is 5.91 Å². The average molecular weight is 394 g/mol. The van der Waals surface area contributed by atoms with Crippen LogP contribution in [0.5, 0.6) is 0 Å². The predicted octanol–water partition coefficient (Wildman–Crippen LogP) is 2.90. The van der Waals surface area contributed by atoms with Crippen LogP contribution in [-0.4, -0.2) is 37.6 Å². The van der Waals surface area contributed by atoms with Gasteiger partial charge in [-0.15, -0.1) is 16.4 Å². The second-order valence-electron chi connectivity index (χ2n) is 5.92. The first-order valence-corrected chi connectivity index (χ1v) is 9.39. The van der Waals surface area contributed by atoms with Crippen molar-refractivity contribution < 1.29 is 9.18 Å². The van der Waals surface area contributed by atoms with Crippen molar-refractivity contribution >= 4 is 17.2 Å². The topological polar surface area (TPSA) is 85.6 Å². The number of aromatic nitrogens is 5. The molecule has 1 N–H and O–H groups in total. The molecular weight excluding hydrogens is 379 g/mol. The van der Waals surface area contributed by atoms with Crippen molar-refractivity contribution in [1.82, 2.24) is 30.5 Å². The van der Waals surface area contributed by atoms with Crippen molar-refractivity contribution in [1.29, 1.82) is 0 Å². The lowest BCUT2D eigenvalue weighted by Crippen LogP contribution is -2.26. The summed E-state index contributed by atoms with van der Waals surface area (Å²) in [5, 5.41) is 16.4. The zero-order valence-electron chi connectivity index (χ0n) is 14.6. The van der Waals surface area contributed by atoms with Gasteiger partial charge in [0.2, 0.25) is 0 Å². The fourth-order valence-electron chi connectivity index (χ4n) is 2.65. The highest BCUT2D eigenvalue weighted by molar-refractivity contribution is 7.09. The van der Waals surface area contributed by atoms with Crippen LogP contribution in [0.25, 0.3) is 16.9 Å². The van der Waals surface area contributed by atoms with Crippen molar-refractivity contribution in [2.75, 3.05) is 6.54 Å². The van der Waals surface area contributed by atoms with E-state index in [4.69, 9.17) is 0 Å². The molecular formula is C19H15FN6OS. The number of nitrogens with zero attached hydrogens (tertiary/aromatic N) is 5. The normalized spacial score (nSPS) is 10.8. The second-order valence-corrected chi connectivity index (χ2v) is 6.86. The minimum atomic E-state index is -0.602. The van der Waals surface area contributed by atoms with Crippen molar-refractivity contribution in [2.45, 2.75) is 6.42 Å². The van der Waals surface area contributed by atoms with Gasteiger partial charge in [-0.1, -0.05) is 30.3 Å². The highest BCUT2D eigenvalue weighted by Crippen LogP contribution is 2.21. The molecule has 28 heavy (non-hydrogen) atoms. The monoisotopic (exact) mass is 394 g/mol. The van der Waals surface area contributed by atoms with Gasteiger partial charge < -0.3 is 5.32 Å². The van der Waals surface area contributed by atoms with E-state index in [0.29, 0.717) is 18.7 Å². The van der Waals surface area contributed by atoms with E-state index in [2.05, 4.69) is 25.8 Å². The molecule has 4 aromatic rings. The molecule has 0 saturated carbocycles. The molecule has 4 rings (SSSR count). The minimum Gasteiger partial charge on any atom is -0.352 e. The Morgan fingerprint density at radius 3 is 2.82 bits per heavy atom. The fraction of sp³-hybridized carbons (Fsp3) is 0.105. The molecule has 1 amide bonds. The van der Waals surface area contributed by atoms with Crippen molar-refractivity contribution in [2.24, 2.45) is 0 Å². The van der Waals surface area contributed by atoms with Crippen LogP contribution in [0.2, 0.25) is 0 Å². The van der Waals surface area contributed by atoms with Crippen LogP contribution in [0, 0.1) is 5.82 Å². The highest BCUT2D eigenvalue weighted by atomic mass is 32.1. The summed E-state index contributed by atoms with van der Waals surface area (Å²) in [7, 11) is 0. The van der Waals surface area contributed by atoms with Gasteiger partial charge in [-0.3, -0.25) is 4.79 Å². The Bertz CT molecular complexity index is 1080. The molecule has 0 fully saturated rings. The Morgan fingerprint density at radius 2 is 2.04 bits per heavy atom. The first kappa shape index (κ1) is 17.9. The molecule has 2 aromatic heterocycles. The molecule has 0 aliphatic carbocycles. The summed E-state index contributed by atoms with van der Waals surface area (Å²) in [5.74, 6) is -1.10. The zero-order chi connectivity index (χ0) is 19.3. The van der Waals surface area contributed by atoms with Crippen LogP contribution in [-0.2, 0) is 6.42 Å². The lowest BCUT2D eigenvalue weighted by Gasteiger charge is -2.07. The number of nitrogens with one attached hydrogen (secondary N) is 1. The van der Waals surface area contributed by atoms with Crippen LogP contribution in [0.1, 0.15) is 15.4 Å². The van der Waals surface area contributed by atoms with Gasteiger partial charge in [-0.05, 0) is 28.6 Å². The van der Waals surface area contributed by atoms with Crippen LogP contribution in [0.3, 0.4) is 0 Å². The van der Waals surface area contributed by atoms with Crippen molar-refractivity contribution in [3.63, 3.8) is 0 Å². The maximum absolute atomic E-state index is 14.1. The van der Waals surface area contributed by atoms with Gasteiger partial charge in [0.1, 0.15) is 12.1 Å². The summed E-state index contributed by atoms with van der Waals surface area (Å²) in [6, 6.07) is 14.0. The number of amides is 1. The number of thiazole rings is 1. The number of tetrazole rings is 1. The number of benzene rings is 2. The fourth-order valence-corrected chi connectivity index (χ4v) is 3.46. The molecule has 0 saturated heterocycles. The molecule has 0 aliphatic rings. The Morgan fingerprint density at radius 1 is 1.18 bits per heavy atom. The minimum absolute atomic E-state index is 0.0582. The summed E-state index contributed by atoms with van der Waals surface area (Å²) in [4.78, 5) is 17.0. The summed E-state index contributed by atoms with van der Waals surface area (Å²) in [6.45, 7) is 0.356. The molecule has 2 aromatic carbocycles. The Hall–Kier alpha value is -3.46. The number of carbonyl (C=O) groups is 1. The third-order valence-corrected chi connectivity index (χ3v) is 4.96. The van der Waals surface area contributed by atoms with Gasteiger partial charge >= 0.3 is 0 Å². The zero-order valence-corrected chi connectivity index (χ0v) is 15.4. The molecule has 0 unspecified atom stereocenters. The Labute approximate surface area is 163 Å². The maximum atomic E-state index is 14.1. The third-order valence-electron chi connectivity index (χ3n) is 4.05. The number of carbonyl (C=O) groups excluding carboxylic acids is 1. The summed E-state index contributed by atoms with van der Waals surface area (Å²) < 4.78 is 15.4. The van der Waals surface area contributed by atoms with E-state index in [-0.39, 0.29) is 5.56 Å². The molecule has 0 bridgehead atoms. The molecule has 0 atom stereocenters.